The summed E-state index contributed by atoms with van der Waals surface area (Å²) in [5, 5.41) is 13.1. The summed E-state index contributed by atoms with van der Waals surface area (Å²) in [6.07, 6.45) is 0. The number of hydrogen-bond acceptors (Lipinski definition) is 4. The van der Waals surface area contributed by atoms with Crippen molar-refractivity contribution in [2.75, 3.05) is 11.9 Å². The van der Waals surface area contributed by atoms with Crippen LogP contribution in [0.1, 0.15) is 11.3 Å². The Morgan fingerprint density at radius 3 is 2.54 bits per heavy atom. The molecule has 1 aromatic heterocycles. The molecule has 132 valence electrons. The van der Waals surface area contributed by atoms with Crippen LogP contribution in [-0.2, 0) is 0 Å². The molecule has 0 radical (unpaired) electrons. The van der Waals surface area contributed by atoms with Crippen molar-refractivity contribution in [1.29, 1.82) is 0 Å². The van der Waals surface area contributed by atoms with E-state index in [1.165, 1.54) is 12.1 Å². The van der Waals surface area contributed by atoms with Crippen LogP contribution in [0.5, 0.6) is 11.6 Å². The maximum Gasteiger partial charge on any atom is 0.230 e. The van der Waals surface area contributed by atoms with Gasteiger partial charge in [0.2, 0.25) is 5.88 Å². The second kappa shape index (κ2) is 7.65. The molecule has 0 unspecified atom stereocenters. The molecule has 0 aliphatic heterocycles. The first-order valence-corrected chi connectivity index (χ1v) is 8.01. The predicted octanol–water partition coefficient (Wildman–Crippen LogP) is 4.59. The second-order valence-corrected chi connectivity index (χ2v) is 5.68. The number of halogens is 1. The van der Waals surface area contributed by atoms with Crippen LogP contribution < -0.4 is 9.64 Å². The molecule has 26 heavy (non-hydrogen) atoms. The minimum atomic E-state index is -0.408. The molecule has 6 heteroatoms. The van der Waals surface area contributed by atoms with E-state index in [0.717, 1.165) is 11.4 Å². The highest BCUT2D eigenvalue weighted by Crippen LogP contribution is 2.27. The molecule has 1 heterocycles. The van der Waals surface area contributed by atoms with Gasteiger partial charge in [-0.2, -0.15) is 0 Å². The highest BCUT2D eigenvalue weighted by Gasteiger charge is 2.19. The smallest absolute Gasteiger partial charge is 0.230 e. The molecule has 0 fully saturated rings. The number of anilines is 1. The number of oxime groups is 1. The van der Waals surface area contributed by atoms with E-state index in [1.807, 2.05) is 37.3 Å². The molecular weight excluding hydrogens is 333 g/mol. The van der Waals surface area contributed by atoms with E-state index < -0.39 is 5.82 Å². The van der Waals surface area contributed by atoms with Crippen molar-refractivity contribution in [3.8, 4) is 11.6 Å². The zero-order valence-corrected chi connectivity index (χ0v) is 14.4. The summed E-state index contributed by atoms with van der Waals surface area (Å²) in [7, 11) is 1.77. The molecule has 0 aliphatic rings. The van der Waals surface area contributed by atoms with Crippen molar-refractivity contribution in [3.05, 3.63) is 83.8 Å². The average Bonchev–Trinajstić information content (AvgIpc) is 2.64. The zero-order valence-electron chi connectivity index (χ0n) is 14.4. The number of aryl methyl sites for hydroxylation is 1. The molecular formula is C20H18FN3O2. The van der Waals surface area contributed by atoms with Gasteiger partial charge in [-0.3, -0.25) is 0 Å². The van der Waals surface area contributed by atoms with Crippen molar-refractivity contribution in [2.24, 2.45) is 5.16 Å². The Bertz CT molecular complexity index is 929. The van der Waals surface area contributed by atoms with Crippen LogP contribution in [-0.4, -0.2) is 23.1 Å². The second-order valence-electron chi connectivity index (χ2n) is 5.68. The Hall–Kier alpha value is -3.41. The van der Waals surface area contributed by atoms with E-state index >= 15 is 0 Å². The van der Waals surface area contributed by atoms with Crippen molar-refractivity contribution in [1.82, 2.24) is 4.98 Å². The summed E-state index contributed by atoms with van der Waals surface area (Å²) in [6.45, 7) is 1.82. The molecule has 3 rings (SSSR count). The van der Waals surface area contributed by atoms with Crippen LogP contribution in [0.25, 0.3) is 0 Å². The number of amidine groups is 1. The van der Waals surface area contributed by atoms with Crippen LogP contribution in [0.2, 0.25) is 0 Å². The number of nitrogens with zero attached hydrogens (tertiary/aromatic N) is 3. The summed E-state index contributed by atoms with van der Waals surface area (Å²) in [6, 6.07) is 18.8. The fourth-order valence-electron chi connectivity index (χ4n) is 2.50. The number of para-hydroxylation sites is 1. The van der Waals surface area contributed by atoms with Gasteiger partial charge >= 0.3 is 0 Å². The van der Waals surface area contributed by atoms with Gasteiger partial charge in [0.05, 0.1) is 5.56 Å². The largest absolute Gasteiger partial charge is 0.438 e. The molecule has 3 aromatic rings. The molecule has 5 nitrogen and oxygen atoms in total. The molecule has 0 saturated heterocycles. The summed E-state index contributed by atoms with van der Waals surface area (Å²) < 4.78 is 19.2. The maximum absolute atomic E-state index is 13.5. The molecule has 0 saturated carbocycles. The predicted molar refractivity (Wildman–Crippen MR) is 98.6 cm³/mol. The molecule has 0 spiro atoms. The third-order valence-electron chi connectivity index (χ3n) is 3.81. The van der Waals surface area contributed by atoms with Crippen molar-refractivity contribution < 1.29 is 14.3 Å². The third-order valence-corrected chi connectivity index (χ3v) is 3.81. The van der Waals surface area contributed by atoms with Gasteiger partial charge in [0, 0.05) is 24.5 Å². The molecule has 0 amide bonds. The Labute approximate surface area is 151 Å². The van der Waals surface area contributed by atoms with Crippen LogP contribution in [0, 0.1) is 12.7 Å². The van der Waals surface area contributed by atoms with Gasteiger partial charge in [-0.25, -0.2) is 9.37 Å². The van der Waals surface area contributed by atoms with Gasteiger partial charge in [0.1, 0.15) is 11.6 Å². The number of hydrogen-bond donors (Lipinski definition) is 1. The van der Waals surface area contributed by atoms with Gasteiger partial charge in [-0.05, 0) is 43.3 Å². The zero-order chi connectivity index (χ0) is 18.5. The number of rotatable bonds is 4. The van der Waals surface area contributed by atoms with E-state index in [-0.39, 0.29) is 11.7 Å². The minimum absolute atomic E-state index is 0.228. The molecule has 0 aliphatic carbocycles. The topological polar surface area (TPSA) is 58.0 Å². The Morgan fingerprint density at radius 1 is 1.08 bits per heavy atom. The standard InChI is InChI=1S/C20H18FN3O2/c1-14-11-12-18(19(23-25)24(2)16-8-4-3-5-9-16)20(22-14)26-17-10-6-7-15(21)13-17/h3-13,25H,1-2H3/b23-19-. The number of pyridine rings is 1. The first-order valence-electron chi connectivity index (χ1n) is 8.01. The summed E-state index contributed by atoms with van der Waals surface area (Å²) >= 11 is 0. The van der Waals surface area contributed by atoms with Crippen LogP contribution in [0.4, 0.5) is 10.1 Å². The van der Waals surface area contributed by atoms with E-state index in [2.05, 4.69) is 10.1 Å². The fraction of sp³-hybridized carbons (Fsp3) is 0.100. The van der Waals surface area contributed by atoms with Crippen molar-refractivity contribution in [3.63, 3.8) is 0 Å². The van der Waals surface area contributed by atoms with Crippen molar-refractivity contribution in [2.45, 2.75) is 6.92 Å². The highest BCUT2D eigenvalue weighted by atomic mass is 19.1. The Morgan fingerprint density at radius 2 is 1.85 bits per heavy atom. The normalized spacial score (nSPS) is 11.3. The van der Waals surface area contributed by atoms with Gasteiger partial charge in [-0.15, -0.1) is 0 Å². The third kappa shape index (κ3) is 3.80. The lowest BCUT2D eigenvalue weighted by Crippen LogP contribution is -2.28. The first kappa shape index (κ1) is 17.4. The molecule has 1 N–H and O–H groups in total. The summed E-state index contributed by atoms with van der Waals surface area (Å²) in [5.74, 6) is 0.388. The quantitative estimate of drug-likeness (QED) is 0.323. The molecule has 0 bridgehead atoms. The molecule has 0 atom stereocenters. The van der Waals surface area contributed by atoms with E-state index in [0.29, 0.717) is 11.3 Å². The average molecular weight is 351 g/mol. The number of aromatic nitrogens is 1. The van der Waals surface area contributed by atoms with Gasteiger partial charge in [0.25, 0.3) is 0 Å². The van der Waals surface area contributed by atoms with Gasteiger partial charge in [0.15, 0.2) is 5.84 Å². The first-order chi connectivity index (χ1) is 12.6. The van der Waals surface area contributed by atoms with E-state index in [1.54, 1.807) is 36.2 Å². The lowest BCUT2D eigenvalue weighted by molar-refractivity contribution is 0.318. The lowest BCUT2D eigenvalue weighted by atomic mass is 10.2. The Balaban J connectivity index is 2.01. The lowest BCUT2D eigenvalue weighted by Gasteiger charge is -2.21. The van der Waals surface area contributed by atoms with E-state index in [9.17, 15) is 9.60 Å². The van der Waals surface area contributed by atoms with Crippen LogP contribution in [0.3, 0.4) is 0 Å². The Kier molecular flexibility index (Phi) is 5.12. The number of benzene rings is 2. The summed E-state index contributed by atoms with van der Waals surface area (Å²) in [4.78, 5) is 6.09. The maximum atomic E-state index is 13.5. The monoisotopic (exact) mass is 351 g/mol. The van der Waals surface area contributed by atoms with Crippen molar-refractivity contribution >= 4 is 11.5 Å². The summed E-state index contributed by atoms with van der Waals surface area (Å²) in [5.41, 5.74) is 2.03. The minimum Gasteiger partial charge on any atom is -0.438 e. The van der Waals surface area contributed by atoms with Gasteiger partial charge < -0.3 is 14.8 Å². The van der Waals surface area contributed by atoms with Gasteiger partial charge in [-0.1, -0.05) is 29.4 Å². The highest BCUT2D eigenvalue weighted by molar-refractivity contribution is 6.10. The SMILES string of the molecule is Cc1ccc(/C(=N/O)N(C)c2ccccc2)c(Oc2cccc(F)c2)n1. The number of ether oxygens (including phenoxy) is 1. The van der Waals surface area contributed by atoms with Crippen LogP contribution >= 0.6 is 0 Å². The van der Waals surface area contributed by atoms with Crippen LogP contribution in [0.15, 0.2) is 71.9 Å². The molecule has 2 aromatic carbocycles. The fourth-order valence-corrected chi connectivity index (χ4v) is 2.50. The van der Waals surface area contributed by atoms with E-state index in [4.69, 9.17) is 4.74 Å².